The molecule has 0 saturated carbocycles. The third-order valence-corrected chi connectivity index (χ3v) is 2.19. The van der Waals surface area contributed by atoms with Gasteiger partial charge in [0.25, 0.3) is 0 Å². The summed E-state index contributed by atoms with van der Waals surface area (Å²) in [5.74, 6) is 0. The highest BCUT2D eigenvalue weighted by Gasteiger charge is 2.27. The van der Waals surface area contributed by atoms with E-state index in [2.05, 4.69) is 26.7 Å². The van der Waals surface area contributed by atoms with Crippen molar-refractivity contribution < 1.29 is 4.48 Å². The second-order valence-corrected chi connectivity index (χ2v) is 4.01. The summed E-state index contributed by atoms with van der Waals surface area (Å²) in [5, 5.41) is 0.657. The molecule has 0 bridgehead atoms. The van der Waals surface area contributed by atoms with E-state index in [-0.39, 0.29) is 0 Å². The molecule has 1 heterocycles. The fourth-order valence-electron chi connectivity index (χ4n) is 1.25. The van der Waals surface area contributed by atoms with E-state index in [0.717, 1.165) is 4.48 Å². The Morgan fingerprint density at radius 1 is 1.50 bits per heavy atom. The van der Waals surface area contributed by atoms with Gasteiger partial charge in [-0.3, -0.25) is 0 Å². The van der Waals surface area contributed by atoms with Gasteiger partial charge in [-0.05, 0) is 0 Å². The lowest BCUT2D eigenvalue weighted by atomic mass is 10.4. The summed E-state index contributed by atoms with van der Waals surface area (Å²) in [4.78, 5) is 0. The first-order valence-electron chi connectivity index (χ1n) is 3.10. The van der Waals surface area contributed by atoms with Gasteiger partial charge in [0, 0.05) is 6.42 Å². The van der Waals surface area contributed by atoms with Crippen molar-refractivity contribution in [3.8, 4) is 0 Å². The molecular weight excluding hydrogens is 118 g/mol. The van der Waals surface area contributed by atoms with Crippen LogP contribution in [0.15, 0.2) is 0 Å². The first kappa shape index (κ1) is 6.43. The van der Waals surface area contributed by atoms with Gasteiger partial charge in [0.15, 0.2) is 0 Å². The third-order valence-electron chi connectivity index (χ3n) is 1.77. The SMILES string of the molecule is C[N+]1(C)CCC(S)C1. The Morgan fingerprint density at radius 2 is 2.12 bits per heavy atom. The largest absolute Gasteiger partial charge is 0.328 e. The number of nitrogens with zero attached hydrogens (tertiary/aromatic N) is 1. The van der Waals surface area contributed by atoms with E-state index in [1.54, 1.807) is 0 Å². The maximum atomic E-state index is 4.39. The second kappa shape index (κ2) is 1.92. The van der Waals surface area contributed by atoms with Crippen molar-refractivity contribution in [2.45, 2.75) is 11.7 Å². The highest BCUT2D eigenvalue weighted by Crippen LogP contribution is 2.17. The molecule has 1 saturated heterocycles. The van der Waals surface area contributed by atoms with E-state index < -0.39 is 0 Å². The van der Waals surface area contributed by atoms with E-state index >= 15 is 0 Å². The lowest BCUT2D eigenvalue weighted by Gasteiger charge is -2.22. The van der Waals surface area contributed by atoms with Crippen LogP contribution in [0.3, 0.4) is 0 Å². The predicted octanol–water partition coefficient (Wildman–Crippen LogP) is 0.765. The summed E-state index contributed by atoms with van der Waals surface area (Å²) >= 11 is 4.39. The minimum Gasteiger partial charge on any atom is -0.328 e. The first-order chi connectivity index (χ1) is 3.60. The molecular formula is C6H14NS+. The molecule has 8 heavy (non-hydrogen) atoms. The van der Waals surface area contributed by atoms with Crippen molar-refractivity contribution in [2.24, 2.45) is 0 Å². The van der Waals surface area contributed by atoms with E-state index in [9.17, 15) is 0 Å². The molecule has 2 heteroatoms. The van der Waals surface area contributed by atoms with E-state index in [1.165, 1.54) is 19.5 Å². The standard InChI is InChI=1S/C6H13NS/c1-7(2)4-3-6(8)5-7/h6H,3-5H2,1-2H3/p+1. The minimum absolute atomic E-state index is 0.657. The molecule has 0 N–H and O–H groups in total. The van der Waals surface area contributed by atoms with Crippen LogP contribution in [0.25, 0.3) is 0 Å². The normalized spacial score (nSPS) is 35.6. The first-order valence-corrected chi connectivity index (χ1v) is 3.62. The Balaban J connectivity index is 2.44. The fraction of sp³-hybridized carbons (Fsp3) is 1.00. The monoisotopic (exact) mass is 132 g/mol. The molecule has 1 aliphatic rings. The number of likely N-dealkylation sites (tertiary alicyclic amines) is 1. The molecule has 0 amide bonds. The Labute approximate surface area is 56.7 Å². The van der Waals surface area contributed by atoms with E-state index in [0.29, 0.717) is 5.25 Å². The van der Waals surface area contributed by atoms with Crippen LogP contribution in [0.1, 0.15) is 6.42 Å². The number of hydrogen-bond acceptors (Lipinski definition) is 1. The highest BCUT2D eigenvalue weighted by molar-refractivity contribution is 7.81. The smallest absolute Gasteiger partial charge is 0.0902 e. The topological polar surface area (TPSA) is 0 Å². The van der Waals surface area contributed by atoms with Crippen molar-refractivity contribution in [2.75, 3.05) is 27.2 Å². The average Bonchev–Trinajstić information content (AvgIpc) is 1.82. The molecule has 1 unspecified atom stereocenters. The van der Waals surface area contributed by atoms with Gasteiger partial charge in [0.05, 0.1) is 32.4 Å². The number of hydrogen-bond donors (Lipinski definition) is 1. The predicted molar refractivity (Wildman–Crippen MR) is 39.2 cm³/mol. The average molecular weight is 132 g/mol. The van der Waals surface area contributed by atoms with Crippen LogP contribution in [-0.4, -0.2) is 36.9 Å². The van der Waals surface area contributed by atoms with Gasteiger partial charge in [-0.15, -0.1) is 0 Å². The van der Waals surface area contributed by atoms with Crippen molar-refractivity contribution in [1.29, 1.82) is 0 Å². The molecule has 0 radical (unpaired) electrons. The minimum atomic E-state index is 0.657. The summed E-state index contributed by atoms with van der Waals surface area (Å²) in [6, 6.07) is 0. The van der Waals surface area contributed by atoms with Crippen LogP contribution >= 0.6 is 12.6 Å². The van der Waals surface area contributed by atoms with Crippen molar-refractivity contribution in [1.82, 2.24) is 0 Å². The van der Waals surface area contributed by atoms with Gasteiger partial charge in [-0.25, -0.2) is 0 Å². The molecule has 1 aliphatic heterocycles. The lowest BCUT2D eigenvalue weighted by Crippen LogP contribution is -2.36. The summed E-state index contributed by atoms with van der Waals surface area (Å²) in [7, 11) is 4.52. The molecule has 1 nitrogen and oxygen atoms in total. The van der Waals surface area contributed by atoms with Crippen LogP contribution in [0.5, 0.6) is 0 Å². The summed E-state index contributed by atoms with van der Waals surface area (Å²) in [5.41, 5.74) is 0. The van der Waals surface area contributed by atoms with Gasteiger partial charge in [-0.2, -0.15) is 12.6 Å². The zero-order valence-electron chi connectivity index (χ0n) is 5.59. The quantitative estimate of drug-likeness (QED) is 0.365. The van der Waals surface area contributed by atoms with Crippen molar-refractivity contribution in [3.05, 3.63) is 0 Å². The molecule has 0 aliphatic carbocycles. The van der Waals surface area contributed by atoms with Crippen LogP contribution < -0.4 is 0 Å². The Morgan fingerprint density at radius 3 is 2.25 bits per heavy atom. The van der Waals surface area contributed by atoms with Crippen LogP contribution in [0.2, 0.25) is 0 Å². The molecule has 0 aromatic heterocycles. The number of quaternary nitrogens is 1. The third kappa shape index (κ3) is 1.39. The molecule has 0 spiro atoms. The Hall–Kier alpha value is 0.310. The van der Waals surface area contributed by atoms with Crippen LogP contribution in [-0.2, 0) is 0 Å². The van der Waals surface area contributed by atoms with Crippen LogP contribution in [0.4, 0.5) is 0 Å². The number of thiol groups is 1. The Kier molecular flexibility index (Phi) is 1.54. The lowest BCUT2D eigenvalue weighted by molar-refractivity contribution is -0.877. The molecule has 0 aromatic rings. The Bertz CT molecular complexity index is 90.5. The zero-order valence-corrected chi connectivity index (χ0v) is 6.49. The fourth-order valence-corrected chi connectivity index (χ4v) is 1.81. The van der Waals surface area contributed by atoms with Crippen molar-refractivity contribution >= 4 is 12.6 Å². The van der Waals surface area contributed by atoms with Crippen LogP contribution in [0, 0.1) is 0 Å². The second-order valence-electron chi connectivity index (χ2n) is 3.28. The number of rotatable bonds is 0. The van der Waals surface area contributed by atoms with Gasteiger partial charge >= 0.3 is 0 Å². The van der Waals surface area contributed by atoms with E-state index in [4.69, 9.17) is 0 Å². The molecule has 1 fully saturated rings. The maximum Gasteiger partial charge on any atom is 0.0902 e. The molecule has 0 aromatic carbocycles. The van der Waals surface area contributed by atoms with Gasteiger partial charge in [0.1, 0.15) is 0 Å². The molecule has 48 valence electrons. The van der Waals surface area contributed by atoms with Gasteiger partial charge in [0.2, 0.25) is 0 Å². The maximum absolute atomic E-state index is 4.39. The van der Waals surface area contributed by atoms with Gasteiger partial charge in [-0.1, -0.05) is 0 Å². The van der Waals surface area contributed by atoms with Crippen molar-refractivity contribution in [3.63, 3.8) is 0 Å². The summed E-state index contributed by atoms with van der Waals surface area (Å²) < 4.78 is 1.16. The molecule has 1 rings (SSSR count). The van der Waals surface area contributed by atoms with Gasteiger partial charge < -0.3 is 4.48 Å². The highest BCUT2D eigenvalue weighted by atomic mass is 32.1. The molecule has 1 atom stereocenters. The summed E-state index contributed by atoms with van der Waals surface area (Å²) in [6.07, 6.45) is 1.29. The zero-order chi connectivity index (χ0) is 6.20. The summed E-state index contributed by atoms with van der Waals surface area (Å²) in [6.45, 7) is 2.54. The van der Waals surface area contributed by atoms with E-state index in [1.807, 2.05) is 0 Å².